The first-order valence-corrected chi connectivity index (χ1v) is 8.76. The molecule has 2 unspecified atom stereocenters. The molecule has 0 radical (unpaired) electrons. The molecule has 4 nitrogen and oxygen atoms in total. The van der Waals surface area contributed by atoms with E-state index in [9.17, 15) is 4.79 Å². The molecule has 1 saturated heterocycles. The molecular weight excluding hydrogens is 260 g/mol. The van der Waals surface area contributed by atoms with Crippen molar-refractivity contribution in [1.82, 2.24) is 10.6 Å². The monoisotopic (exact) mass is 288 g/mol. The van der Waals surface area contributed by atoms with Gasteiger partial charge in [0.15, 0.2) is 0 Å². The summed E-state index contributed by atoms with van der Waals surface area (Å²) in [5, 5.41) is 6.43. The second-order valence-electron chi connectivity index (χ2n) is 5.05. The van der Waals surface area contributed by atoms with Crippen LogP contribution in [0.2, 0.25) is 0 Å². The SMILES string of the molecule is CCCNC1COCC1C(=O)NCCCCCSC. The van der Waals surface area contributed by atoms with Gasteiger partial charge in [0.1, 0.15) is 0 Å². The van der Waals surface area contributed by atoms with Gasteiger partial charge in [-0.2, -0.15) is 11.8 Å². The van der Waals surface area contributed by atoms with Gasteiger partial charge in [0.2, 0.25) is 5.91 Å². The molecule has 0 aliphatic carbocycles. The van der Waals surface area contributed by atoms with Gasteiger partial charge in [-0.25, -0.2) is 0 Å². The van der Waals surface area contributed by atoms with Crippen molar-refractivity contribution in [3.8, 4) is 0 Å². The number of ether oxygens (including phenoxy) is 1. The quantitative estimate of drug-likeness (QED) is 0.600. The summed E-state index contributed by atoms with van der Waals surface area (Å²) in [5.41, 5.74) is 0. The predicted octanol–water partition coefficient (Wildman–Crippen LogP) is 1.65. The molecule has 1 aliphatic rings. The van der Waals surface area contributed by atoms with Gasteiger partial charge in [0, 0.05) is 12.6 Å². The van der Waals surface area contributed by atoms with E-state index in [4.69, 9.17) is 4.74 Å². The summed E-state index contributed by atoms with van der Waals surface area (Å²) in [5.74, 6) is 1.35. The molecule has 1 rings (SSSR count). The molecule has 0 aromatic rings. The largest absolute Gasteiger partial charge is 0.379 e. The van der Waals surface area contributed by atoms with E-state index in [1.807, 2.05) is 11.8 Å². The molecule has 19 heavy (non-hydrogen) atoms. The molecule has 1 amide bonds. The van der Waals surface area contributed by atoms with Crippen LogP contribution in [0.3, 0.4) is 0 Å². The van der Waals surface area contributed by atoms with Gasteiger partial charge < -0.3 is 15.4 Å². The Morgan fingerprint density at radius 2 is 2.11 bits per heavy atom. The van der Waals surface area contributed by atoms with Crippen LogP contribution in [0.15, 0.2) is 0 Å². The van der Waals surface area contributed by atoms with Crippen molar-refractivity contribution in [2.24, 2.45) is 5.92 Å². The van der Waals surface area contributed by atoms with Crippen LogP contribution in [0.4, 0.5) is 0 Å². The van der Waals surface area contributed by atoms with Crippen LogP contribution in [0.1, 0.15) is 32.6 Å². The van der Waals surface area contributed by atoms with Crippen molar-refractivity contribution < 1.29 is 9.53 Å². The minimum Gasteiger partial charge on any atom is -0.379 e. The average Bonchev–Trinajstić information content (AvgIpc) is 2.88. The predicted molar refractivity (Wildman–Crippen MR) is 81.6 cm³/mol. The van der Waals surface area contributed by atoms with Crippen molar-refractivity contribution >= 4 is 17.7 Å². The van der Waals surface area contributed by atoms with Crippen LogP contribution >= 0.6 is 11.8 Å². The molecule has 2 atom stereocenters. The van der Waals surface area contributed by atoms with E-state index in [1.165, 1.54) is 18.6 Å². The summed E-state index contributed by atoms with van der Waals surface area (Å²) in [6.07, 6.45) is 6.72. The third-order valence-electron chi connectivity index (χ3n) is 3.40. The standard InChI is InChI=1S/C14H28N2O2S/c1-3-7-15-13-11-18-10-12(13)14(17)16-8-5-4-6-9-19-2/h12-13,15H,3-11H2,1-2H3,(H,16,17). The van der Waals surface area contributed by atoms with Crippen LogP contribution in [-0.2, 0) is 9.53 Å². The lowest BCUT2D eigenvalue weighted by molar-refractivity contribution is -0.125. The fourth-order valence-electron chi connectivity index (χ4n) is 2.23. The molecule has 0 aromatic carbocycles. The molecule has 0 aromatic heterocycles. The molecule has 1 aliphatic heterocycles. The number of hydrogen-bond acceptors (Lipinski definition) is 4. The van der Waals surface area contributed by atoms with Crippen molar-refractivity contribution in [2.75, 3.05) is 38.3 Å². The zero-order valence-corrected chi connectivity index (χ0v) is 13.1. The zero-order chi connectivity index (χ0) is 13.9. The lowest BCUT2D eigenvalue weighted by atomic mass is 10.0. The average molecular weight is 288 g/mol. The van der Waals surface area contributed by atoms with E-state index >= 15 is 0 Å². The third kappa shape index (κ3) is 6.63. The molecule has 5 heteroatoms. The molecule has 2 N–H and O–H groups in total. The minimum absolute atomic E-state index is 0.0160. The Morgan fingerprint density at radius 3 is 2.84 bits per heavy atom. The van der Waals surface area contributed by atoms with E-state index in [0.717, 1.165) is 25.9 Å². The summed E-state index contributed by atoms with van der Waals surface area (Å²) in [6.45, 7) is 5.09. The highest BCUT2D eigenvalue weighted by Gasteiger charge is 2.33. The Hall–Kier alpha value is -0.260. The first kappa shape index (κ1) is 16.8. The lowest BCUT2D eigenvalue weighted by Crippen LogP contribution is -2.44. The van der Waals surface area contributed by atoms with Crippen molar-refractivity contribution in [3.63, 3.8) is 0 Å². The van der Waals surface area contributed by atoms with Crippen molar-refractivity contribution in [2.45, 2.75) is 38.6 Å². The number of amides is 1. The number of thioether (sulfide) groups is 1. The van der Waals surface area contributed by atoms with Gasteiger partial charge >= 0.3 is 0 Å². The first-order valence-electron chi connectivity index (χ1n) is 7.37. The normalized spacial score (nSPS) is 22.6. The molecule has 1 heterocycles. The Kier molecular flexibility index (Phi) is 9.30. The van der Waals surface area contributed by atoms with Crippen molar-refractivity contribution in [1.29, 1.82) is 0 Å². The minimum atomic E-state index is -0.0160. The molecular formula is C14H28N2O2S. The topological polar surface area (TPSA) is 50.4 Å². The zero-order valence-electron chi connectivity index (χ0n) is 12.2. The van der Waals surface area contributed by atoms with Gasteiger partial charge in [0.25, 0.3) is 0 Å². The molecule has 0 spiro atoms. The number of hydrogen-bond donors (Lipinski definition) is 2. The Balaban J connectivity index is 2.13. The van der Waals surface area contributed by atoms with Crippen LogP contribution in [0.25, 0.3) is 0 Å². The Bertz CT molecular complexity index is 252. The summed E-state index contributed by atoms with van der Waals surface area (Å²) >= 11 is 1.88. The summed E-state index contributed by atoms with van der Waals surface area (Å²) in [4.78, 5) is 12.1. The maximum Gasteiger partial charge on any atom is 0.227 e. The number of carbonyl (C=O) groups is 1. The molecule has 112 valence electrons. The van der Waals surface area contributed by atoms with Gasteiger partial charge in [-0.05, 0) is 37.8 Å². The van der Waals surface area contributed by atoms with Crippen LogP contribution in [-0.4, -0.2) is 50.3 Å². The Labute approximate surface area is 121 Å². The maximum atomic E-state index is 12.1. The van der Waals surface area contributed by atoms with Crippen LogP contribution < -0.4 is 10.6 Å². The van der Waals surface area contributed by atoms with E-state index < -0.39 is 0 Å². The van der Waals surface area contributed by atoms with E-state index in [-0.39, 0.29) is 17.9 Å². The van der Waals surface area contributed by atoms with Crippen LogP contribution in [0, 0.1) is 5.92 Å². The first-order chi connectivity index (χ1) is 9.29. The van der Waals surface area contributed by atoms with E-state index in [1.54, 1.807) is 0 Å². The summed E-state index contributed by atoms with van der Waals surface area (Å²) in [7, 11) is 0. The summed E-state index contributed by atoms with van der Waals surface area (Å²) < 4.78 is 5.42. The highest BCUT2D eigenvalue weighted by molar-refractivity contribution is 7.98. The molecule has 0 bridgehead atoms. The number of rotatable bonds is 10. The smallest absolute Gasteiger partial charge is 0.227 e. The highest BCUT2D eigenvalue weighted by atomic mass is 32.2. The fourth-order valence-corrected chi connectivity index (χ4v) is 2.73. The Morgan fingerprint density at radius 1 is 1.26 bits per heavy atom. The molecule has 0 saturated carbocycles. The maximum absolute atomic E-state index is 12.1. The summed E-state index contributed by atoms with van der Waals surface area (Å²) in [6, 6.07) is 0.191. The number of unbranched alkanes of at least 4 members (excludes halogenated alkanes) is 2. The van der Waals surface area contributed by atoms with Gasteiger partial charge in [0.05, 0.1) is 19.1 Å². The van der Waals surface area contributed by atoms with E-state index in [2.05, 4.69) is 23.8 Å². The fraction of sp³-hybridized carbons (Fsp3) is 0.929. The van der Waals surface area contributed by atoms with Gasteiger partial charge in [-0.15, -0.1) is 0 Å². The van der Waals surface area contributed by atoms with Crippen LogP contribution in [0.5, 0.6) is 0 Å². The van der Waals surface area contributed by atoms with Crippen molar-refractivity contribution in [3.05, 3.63) is 0 Å². The molecule has 1 fully saturated rings. The van der Waals surface area contributed by atoms with E-state index in [0.29, 0.717) is 13.2 Å². The number of carbonyl (C=O) groups excluding carboxylic acids is 1. The van der Waals surface area contributed by atoms with Gasteiger partial charge in [-0.1, -0.05) is 13.3 Å². The number of nitrogens with one attached hydrogen (secondary N) is 2. The lowest BCUT2D eigenvalue weighted by Gasteiger charge is -2.18. The highest BCUT2D eigenvalue weighted by Crippen LogP contribution is 2.14. The third-order valence-corrected chi connectivity index (χ3v) is 4.10. The second-order valence-corrected chi connectivity index (χ2v) is 6.03. The van der Waals surface area contributed by atoms with Gasteiger partial charge in [-0.3, -0.25) is 4.79 Å². The second kappa shape index (κ2) is 10.5.